The van der Waals surface area contributed by atoms with Crippen LogP contribution in [0, 0.1) is 0 Å². The maximum Gasteiger partial charge on any atom is 0.472 e. The highest BCUT2D eigenvalue weighted by atomic mass is 31.2. The molecule has 1 amide bonds. The number of carbonyl (C=O) groups is 1. The number of allylic oxidation sites excluding steroid dienone is 27. The quantitative estimate of drug-likeness (QED) is 0.0243. The van der Waals surface area contributed by atoms with Crippen LogP contribution in [0.1, 0.15) is 155 Å². The van der Waals surface area contributed by atoms with Gasteiger partial charge in [0.05, 0.1) is 39.9 Å². The van der Waals surface area contributed by atoms with Gasteiger partial charge in [-0.25, -0.2) is 4.57 Å². The average Bonchev–Trinajstić information content (AvgIpc) is 3.32. The Morgan fingerprint density at radius 1 is 0.500 bits per heavy atom. The van der Waals surface area contributed by atoms with E-state index in [0.717, 1.165) is 109 Å². The molecule has 0 bridgehead atoms. The van der Waals surface area contributed by atoms with E-state index in [1.165, 1.54) is 19.3 Å². The molecule has 3 N–H and O–H groups in total. The number of nitrogens with zero attached hydrogens (tertiary/aromatic N) is 1. The van der Waals surface area contributed by atoms with Gasteiger partial charge in [0.1, 0.15) is 13.2 Å². The van der Waals surface area contributed by atoms with Gasteiger partial charge in [-0.05, 0) is 122 Å². The summed E-state index contributed by atoms with van der Waals surface area (Å²) in [6, 6.07) is -0.897. The number of likely N-dealkylation sites (N-methyl/N-ethyl adjacent to an activating group) is 1. The van der Waals surface area contributed by atoms with Crippen LogP contribution in [0.4, 0.5) is 0 Å². The van der Waals surface area contributed by atoms with Crippen molar-refractivity contribution >= 4 is 13.7 Å². The molecule has 0 saturated heterocycles. The first-order valence-electron chi connectivity index (χ1n) is 26.5. The fourth-order valence-corrected chi connectivity index (χ4v) is 7.01. The fourth-order valence-electron chi connectivity index (χ4n) is 6.27. The van der Waals surface area contributed by atoms with Crippen molar-refractivity contribution in [2.75, 3.05) is 40.9 Å². The normalized spacial score (nSPS) is 15.4. The van der Waals surface area contributed by atoms with Crippen molar-refractivity contribution in [3.8, 4) is 0 Å². The van der Waals surface area contributed by atoms with Gasteiger partial charge in [-0.15, -0.1) is 0 Å². The zero-order valence-corrected chi connectivity index (χ0v) is 45.3. The van der Waals surface area contributed by atoms with Crippen molar-refractivity contribution in [3.05, 3.63) is 170 Å². The smallest absolute Gasteiger partial charge is 0.387 e. The van der Waals surface area contributed by atoms with Crippen molar-refractivity contribution in [3.63, 3.8) is 0 Å². The van der Waals surface area contributed by atoms with Crippen LogP contribution in [0.3, 0.4) is 0 Å². The Morgan fingerprint density at radius 2 is 0.857 bits per heavy atom. The van der Waals surface area contributed by atoms with Crippen molar-refractivity contribution < 1.29 is 32.9 Å². The second kappa shape index (κ2) is 49.8. The Hall–Kier alpha value is -4.14. The lowest BCUT2D eigenvalue weighted by Gasteiger charge is -2.25. The molecule has 0 aromatic rings. The molecule has 392 valence electrons. The number of nitrogens with one attached hydrogen (secondary N) is 1. The minimum Gasteiger partial charge on any atom is -0.387 e. The van der Waals surface area contributed by atoms with Crippen LogP contribution in [0.25, 0.3) is 0 Å². The Bertz CT molecular complexity index is 1730. The van der Waals surface area contributed by atoms with E-state index < -0.39 is 20.0 Å². The van der Waals surface area contributed by atoms with Gasteiger partial charge in [0.2, 0.25) is 5.91 Å². The molecule has 0 spiro atoms. The van der Waals surface area contributed by atoms with E-state index >= 15 is 0 Å². The lowest BCUT2D eigenvalue weighted by Crippen LogP contribution is -2.45. The molecule has 0 aliphatic heterocycles. The number of hydrogen-bond acceptors (Lipinski definition) is 5. The van der Waals surface area contributed by atoms with Crippen LogP contribution in [0.5, 0.6) is 0 Å². The maximum absolute atomic E-state index is 12.9. The molecular weight excluding hydrogens is 888 g/mol. The first-order valence-corrected chi connectivity index (χ1v) is 28.0. The molecule has 0 aromatic heterocycles. The van der Waals surface area contributed by atoms with Crippen LogP contribution in [0.15, 0.2) is 170 Å². The molecule has 0 aromatic carbocycles. The van der Waals surface area contributed by atoms with E-state index in [-0.39, 0.29) is 25.5 Å². The molecule has 0 aliphatic rings. The summed E-state index contributed by atoms with van der Waals surface area (Å²) in [5, 5.41) is 13.7. The van der Waals surface area contributed by atoms with Gasteiger partial charge in [0, 0.05) is 6.42 Å². The molecule has 3 atom stereocenters. The number of quaternary nitrogens is 1. The summed E-state index contributed by atoms with van der Waals surface area (Å²) in [7, 11) is 1.49. The molecule has 9 heteroatoms. The second-order valence-electron chi connectivity index (χ2n) is 18.2. The third-order valence-corrected chi connectivity index (χ3v) is 11.4. The monoisotopic (exact) mass is 986 g/mol. The highest BCUT2D eigenvalue weighted by Crippen LogP contribution is 2.43. The lowest BCUT2D eigenvalue weighted by atomic mass is 10.1. The van der Waals surface area contributed by atoms with Gasteiger partial charge >= 0.3 is 7.82 Å². The Balaban J connectivity index is 4.22. The van der Waals surface area contributed by atoms with Crippen LogP contribution < -0.4 is 5.32 Å². The number of carbonyl (C=O) groups excluding carboxylic acids is 1. The zero-order chi connectivity index (χ0) is 51.3. The maximum atomic E-state index is 12.9. The van der Waals surface area contributed by atoms with Gasteiger partial charge < -0.3 is 19.8 Å². The van der Waals surface area contributed by atoms with E-state index in [1.807, 2.05) is 27.2 Å². The summed E-state index contributed by atoms with van der Waals surface area (Å²) in [5.41, 5.74) is 0. The average molecular weight is 986 g/mol. The number of hydrogen-bond donors (Lipinski definition) is 3. The molecule has 0 aliphatic carbocycles. The van der Waals surface area contributed by atoms with Crippen molar-refractivity contribution in [2.45, 2.75) is 167 Å². The van der Waals surface area contributed by atoms with Crippen molar-refractivity contribution in [2.24, 2.45) is 0 Å². The summed E-state index contributed by atoms with van der Waals surface area (Å²) in [6.07, 6.45) is 80.5. The van der Waals surface area contributed by atoms with Crippen LogP contribution in [0.2, 0.25) is 0 Å². The number of aliphatic hydroxyl groups is 1. The lowest BCUT2D eigenvalue weighted by molar-refractivity contribution is -0.870. The Labute approximate surface area is 428 Å². The summed E-state index contributed by atoms with van der Waals surface area (Å²) in [4.78, 5) is 23.1. The fraction of sp³-hybridized carbons (Fsp3) is 0.525. The number of phosphoric ester groups is 1. The molecule has 70 heavy (non-hydrogen) atoms. The summed E-state index contributed by atoms with van der Waals surface area (Å²) in [6.45, 7) is 4.54. The highest BCUT2D eigenvalue weighted by Gasteiger charge is 2.27. The summed E-state index contributed by atoms with van der Waals surface area (Å²) in [5.74, 6) is -0.241. The Kier molecular flexibility index (Phi) is 46.9. The van der Waals surface area contributed by atoms with Gasteiger partial charge in [0.15, 0.2) is 0 Å². The minimum atomic E-state index is -4.37. The van der Waals surface area contributed by atoms with Crippen LogP contribution in [-0.2, 0) is 18.4 Å². The van der Waals surface area contributed by atoms with E-state index in [9.17, 15) is 19.4 Å². The minimum absolute atomic E-state index is 0.0373. The van der Waals surface area contributed by atoms with Crippen LogP contribution >= 0.6 is 7.82 Å². The SMILES string of the molecule is CC/C=C\C/C=C\C/C=C\C/C=C\C/C=C\C/C=C\C/C=C\C/C=C\C/C=C\C/C=C\C/C=C\C/C=C\CCCCC(=O)NC(COP(=O)(O)OCC[N+](C)(C)C)C(O)/C=C/CC/C=C/CCCCC. The largest absolute Gasteiger partial charge is 0.472 e. The predicted octanol–water partition coefficient (Wildman–Crippen LogP) is 16.1. The molecule has 3 unspecified atom stereocenters. The highest BCUT2D eigenvalue weighted by molar-refractivity contribution is 7.47. The topological polar surface area (TPSA) is 105 Å². The van der Waals surface area contributed by atoms with Crippen molar-refractivity contribution in [1.82, 2.24) is 5.32 Å². The molecular formula is C61H98N2O6P+. The van der Waals surface area contributed by atoms with Gasteiger partial charge in [-0.1, -0.05) is 197 Å². The first-order chi connectivity index (χ1) is 34.0. The summed E-state index contributed by atoms with van der Waals surface area (Å²) >= 11 is 0. The van der Waals surface area contributed by atoms with E-state index in [0.29, 0.717) is 17.4 Å². The molecule has 0 fully saturated rings. The zero-order valence-electron chi connectivity index (χ0n) is 44.4. The van der Waals surface area contributed by atoms with Gasteiger partial charge in [0.25, 0.3) is 0 Å². The molecule has 0 rings (SSSR count). The number of aliphatic hydroxyl groups excluding tert-OH is 1. The number of rotatable bonds is 45. The molecule has 8 nitrogen and oxygen atoms in total. The third kappa shape index (κ3) is 51.7. The predicted molar refractivity (Wildman–Crippen MR) is 303 cm³/mol. The first kappa shape index (κ1) is 65.9. The molecule has 0 heterocycles. The summed E-state index contributed by atoms with van der Waals surface area (Å²) < 4.78 is 23.5. The van der Waals surface area contributed by atoms with E-state index in [4.69, 9.17) is 9.05 Å². The van der Waals surface area contributed by atoms with Crippen molar-refractivity contribution in [1.29, 1.82) is 0 Å². The third-order valence-electron chi connectivity index (χ3n) is 10.4. The second-order valence-corrected chi connectivity index (χ2v) is 19.6. The Morgan fingerprint density at radius 3 is 1.26 bits per heavy atom. The van der Waals surface area contributed by atoms with E-state index in [2.05, 4.69) is 177 Å². The number of phosphoric acid groups is 1. The van der Waals surface area contributed by atoms with Crippen LogP contribution in [-0.4, -0.2) is 73.4 Å². The molecule has 0 saturated carbocycles. The number of amides is 1. The van der Waals surface area contributed by atoms with Gasteiger partial charge in [-0.2, -0.15) is 0 Å². The van der Waals surface area contributed by atoms with E-state index in [1.54, 1.807) is 6.08 Å². The number of unbranched alkanes of at least 4 members (excludes halogenated alkanes) is 6. The van der Waals surface area contributed by atoms with Gasteiger partial charge in [-0.3, -0.25) is 13.8 Å². The molecule has 0 radical (unpaired) electrons. The standard InChI is InChI=1S/C61H97N2O6P/c1-6-8-10-12-14-16-17-18-19-20-21-22-23-24-25-26-27-28-29-30-31-32-33-34-35-36-37-38-39-40-41-42-43-44-45-47-49-51-53-55-61(65)62-59(58-69-70(66,67)68-57-56-63(3,4)5)60(64)54-52-50-48-46-15-13-11-9-7-2/h8,10,14-16,18-19,21-22,24-25,27-28,30-31,33-34,36-37,39-40,42-43,45-47,52,54,59-60,64H,6-7,9,11-13,17,20,23,26,29,32,35,38,41,44,48-51,53,55-58H2,1-5H3,(H-,62,65,66,67)/p+1/b10-8-,16-14-,19-18-,22-21-,25-24-,28-27-,31-30-,34-33-,37-36-,40-39-,43-42-,46-15+,47-45-,54-52+.